The zero-order valence-electron chi connectivity index (χ0n) is 13.2. The van der Waals surface area contributed by atoms with Crippen molar-refractivity contribution in [3.63, 3.8) is 0 Å². The monoisotopic (exact) mass is 332 g/mol. The Kier molecular flexibility index (Phi) is 3.75. The summed E-state index contributed by atoms with van der Waals surface area (Å²) in [5.41, 5.74) is 6.80. The molecular formula is C20H16N2OS. The molecule has 1 N–H and O–H groups in total. The van der Waals surface area contributed by atoms with Crippen LogP contribution in [0.1, 0.15) is 21.8 Å². The van der Waals surface area contributed by atoms with Crippen LogP contribution >= 0.6 is 11.3 Å². The molecular weight excluding hydrogens is 316 g/mol. The van der Waals surface area contributed by atoms with Gasteiger partial charge in [-0.1, -0.05) is 30.3 Å². The van der Waals surface area contributed by atoms with Crippen LogP contribution in [-0.4, -0.2) is 10.9 Å². The van der Waals surface area contributed by atoms with Crippen LogP contribution in [0.5, 0.6) is 0 Å². The fraction of sp³-hybridized carbons (Fsp3) is 0.100. The van der Waals surface area contributed by atoms with Gasteiger partial charge in [-0.2, -0.15) is 0 Å². The van der Waals surface area contributed by atoms with Crippen LogP contribution in [0.4, 0.5) is 5.69 Å². The lowest BCUT2D eigenvalue weighted by molar-refractivity contribution is -0.111. The Labute approximate surface area is 144 Å². The van der Waals surface area contributed by atoms with Crippen molar-refractivity contribution in [1.29, 1.82) is 0 Å². The molecule has 1 aromatic heterocycles. The summed E-state index contributed by atoms with van der Waals surface area (Å²) in [6.07, 6.45) is 4.18. The van der Waals surface area contributed by atoms with E-state index in [1.165, 1.54) is 28.3 Å². The molecule has 3 nitrogen and oxygen atoms in total. The second-order valence-electron chi connectivity index (χ2n) is 5.82. The van der Waals surface area contributed by atoms with Crippen molar-refractivity contribution >= 4 is 29.0 Å². The molecule has 0 fully saturated rings. The van der Waals surface area contributed by atoms with E-state index in [9.17, 15) is 4.79 Å². The summed E-state index contributed by atoms with van der Waals surface area (Å²) >= 11 is 1.57. The van der Waals surface area contributed by atoms with E-state index in [-0.39, 0.29) is 5.91 Å². The number of thiazole rings is 1. The number of benzene rings is 2. The van der Waals surface area contributed by atoms with Gasteiger partial charge in [0.1, 0.15) is 0 Å². The van der Waals surface area contributed by atoms with E-state index in [0.29, 0.717) is 0 Å². The average Bonchev–Trinajstić information content (AvgIpc) is 3.15. The van der Waals surface area contributed by atoms with Gasteiger partial charge >= 0.3 is 0 Å². The number of nitrogens with zero attached hydrogens (tertiary/aromatic N) is 1. The highest BCUT2D eigenvalue weighted by molar-refractivity contribution is 7.09. The van der Waals surface area contributed by atoms with E-state index >= 15 is 0 Å². The van der Waals surface area contributed by atoms with E-state index in [4.69, 9.17) is 0 Å². The number of fused-ring (bicyclic) bond motifs is 3. The number of aryl methyl sites for hydroxylation is 1. The SMILES string of the molecule is Cc1nc(/C=C/C(=O)Nc2ccc3c(c2)Cc2ccccc2-3)cs1. The Morgan fingerprint density at radius 1 is 1.17 bits per heavy atom. The van der Waals surface area contributed by atoms with E-state index < -0.39 is 0 Å². The van der Waals surface area contributed by atoms with Gasteiger partial charge in [-0.3, -0.25) is 4.79 Å². The van der Waals surface area contributed by atoms with Crippen LogP contribution in [-0.2, 0) is 11.2 Å². The van der Waals surface area contributed by atoms with Crippen LogP contribution in [0.15, 0.2) is 53.9 Å². The summed E-state index contributed by atoms with van der Waals surface area (Å²) in [7, 11) is 0. The lowest BCUT2D eigenvalue weighted by atomic mass is 10.1. The molecule has 3 aromatic rings. The third-order valence-electron chi connectivity index (χ3n) is 4.10. The number of anilines is 1. The molecule has 1 heterocycles. The molecule has 0 radical (unpaired) electrons. The molecule has 4 heteroatoms. The second-order valence-corrected chi connectivity index (χ2v) is 6.88. The van der Waals surface area contributed by atoms with Gasteiger partial charge in [0, 0.05) is 17.1 Å². The van der Waals surface area contributed by atoms with Crippen molar-refractivity contribution in [2.75, 3.05) is 5.32 Å². The van der Waals surface area contributed by atoms with Gasteiger partial charge in [0.15, 0.2) is 0 Å². The first-order valence-electron chi connectivity index (χ1n) is 7.81. The van der Waals surface area contributed by atoms with E-state index in [0.717, 1.165) is 22.8 Å². The molecule has 0 saturated heterocycles. The number of hydrogen-bond acceptors (Lipinski definition) is 3. The van der Waals surface area contributed by atoms with Crippen LogP contribution < -0.4 is 5.32 Å². The minimum Gasteiger partial charge on any atom is -0.323 e. The van der Waals surface area contributed by atoms with Crippen LogP contribution in [0.3, 0.4) is 0 Å². The van der Waals surface area contributed by atoms with Crippen molar-refractivity contribution in [2.24, 2.45) is 0 Å². The smallest absolute Gasteiger partial charge is 0.248 e. The highest BCUT2D eigenvalue weighted by Gasteiger charge is 2.17. The molecule has 1 aliphatic carbocycles. The molecule has 118 valence electrons. The van der Waals surface area contributed by atoms with Gasteiger partial charge in [0.2, 0.25) is 5.91 Å². The van der Waals surface area contributed by atoms with E-state index in [1.54, 1.807) is 17.4 Å². The van der Waals surface area contributed by atoms with Crippen molar-refractivity contribution in [1.82, 2.24) is 4.98 Å². The molecule has 0 spiro atoms. The summed E-state index contributed by atoms with van der Waals surface area (Å²) in [6.45, 7) is 1.95. The van der Waals surface area contributed by atoms with Crippen molar-refractivity contribution < 1.29 is 4.79 Å². The first-order chi connectivity index (χ1) is 11.7. The summed E-state index contributed by atoms with van der Waals surface area (Å²) < 4.78 is 0. The Bertz CT molecular complexity index is 956. The van der Waals surface area contributed by atoms with E-state index in [2.05, 4.69) is 46.7 Å². The lowest BCUT2D eigenvalue weighted by Crippen LogP contribution is -2.07. The number of aromatic nitrogens is 1. The van der Waals surface area contributed by atoms with Gasteiger partial charge in [0.25, 0.3) is 0 Å². The predicted molar refractivity (Wildman–Crippen MR) is 99.2 cm³/mol. The summed E-state index contributed by atoms with van der Waals surface area (Å²) in [5.74, 6) is -0.142. The highest BCUT2D eigenvalue weighted by Crippen LogP contribution is 2.37. The maximum atomic E-state index is 12.1. The Morgan fingerprint density at radius 2 is 2.00 bits per heavy atom. The van der Waals surface area contributed by atoms with Gasteiger partial charge in [-0.05, 0) is 53.8 Å². The maximum absolute atomic E-state index is 12.1. The fourth-order valence-electron chi connectivity index (χ4n) is 3.02. The Balaban J connectivity index is 1.49. The van der Waals surface area contributed by atoms with Gasteiger partial charge in [-0.15, -0.1) is 11.3 Å². The van der Waals surface area contributed by atoms with Gasteiger partial charge in [0.05, 0.1) is 10.7 Å². The largest absolute Gasteiger partial charge is 0.323 e. The Hall–Kier alpha value is -2.72. The molecule has 0 bridgehead atoms. The normalized spacial score (nSPS) is 12.2. The number of hydrogen-bond donors (Lipinski definition) is 1. The minimum absolute atomic E-state index is 0.142. The van der Waals surface area contributed by atoms with E-state index in [1.807, 2.05) is 18.4 Å². The van der Waals surface area contributed by atoms with Gasteiger partial charge in [-0.25, -0.2) is 4.98 Å². The molecule has 1 amide bonds. The molecule has 0 aliphatic heterocycles. The topological polar surface area (TPSA) is 42.0 Å². The van der Waals surface area contributed by atoms with Crippen molar-refractivity contribution in [3.05, 3.63) is 75.7 Å². The van der Waals surface area contributed by atoms with Crippen molar-refractivity contribution in [2.45, 2.75) is 13.3 Å². The maximum Gasteiger partial charge on any atom is 0.248 e. The number of rotatable bonds is 3. The summed E-state index contributed by atoms with van der Waals surface area (Å²) in [6, 6.07) is 14.6. The average molecular weight is 332 g/mol. The quantitative estimate of drug-likeness (QED) is 0.554. The van der Waals surface area contributed by atoms with Crippen molar-refractivity contribution in [3.8, 4) is 11.1 Å². The highest BCUT2D eigenvalue weighted by atomic mass is 32.1. The molecule has 4 rings (SSSR count). The molecule has 0 unspecified atom stereocenters. The molecule has 0 saturated carbocycles. The molecule has 24 heavy (non-hydrogen) atoms. The zero-order valence-corrected chi connectivity index (χ0v) is 14.1. The van der Waals surface area contributed by atoms with Crippen LogP contribution in [0.25, 0.3) is 17.2 Å². The predicted octanol–water partition coefficient (Wildman–Crippen LogP) is 4.67. The van der Waals surface area contributed by atoms with Crippen LogP contribution in [0, 0.1) is 6.92 Å². The third kappa shape index (κ3) is 2.88. The molecule has 2 aromatic carbocycles. The molecule has 0 atom stereocenters. The Morgan fingerprint density at radius 3 is 2.83 bits per heavy atom. The number of amides is 1. The first-order valence-corrected chi connectivity index (χ1v) is 8.69. The second kappa shape index (κ2) is 6.06. The van der Waals surface area contributed by atoms with Gasteiger partial charge < -0.3 is 5.32 Å². The minimum atomic E-state index is -0.142. The number of carbonyl (C=O) groups is 1. The van der Waals surface area contributed by atoms with Crippen LogP contribution in [0.2, 0.25) is 0 Å². The zero-order chi connectivity index (χ0) is 16.5. The fourth-order valence-corrected chi connectivity index (χ4v) is 3.61. The molecule has 1 aliphatic rings. The standard InChI is InChI=1S/C20H16N2OS/c1-13-21-17(12-24-13)7-9-20(23)22-16-6-8-19-15(11-16)10-14-4-2-3-5-18(14)19/h2-9,11-12H,10H2,1H3,(H,22,23)/b9-7+. The third-order valence-corrected chi connectivity index (χ3v) is 4.90. The first kappa shape index (κ1) is 14.8. The number of carbonyl (C=O) groups excluding carboxylic acids is 1. The number of nitrogens with one attached hydrogen (secondary N) is 1. The lowest BCUT2D eigenvalue weighted by Gasteiger charge is -2.06. The summed E-state index contributed by atoms with van der Waals surface area (Å²) in [4.78, 5) is 16.4. The summed E-state index contributed by atoms with van der Waals surface area (Å²) in [5, 5.41) is 5.86.